The van der Waals surface area contributed by atoms with Crippen molar-refractivity contribution in [1.29, 1.82) is 0 Å². The maximum absolute atomic E-state index is 12.0. The van der Waals surface area contributed by atoms with Gasteiger partial charge >= 0.3 is 11.9 Å². The molecule has 0 spiro atoms. The summed E-state index contributed by atoms with van der Waals surface area (Å²) < 4.78 is 14.9. The fourth-order valence-corrected chi connectivity index (χ4v) is 2.59. The molecule has 0 radical (unpaired) electrons. The van der Waals surface area contributed by atoms with Gasteiger partial charge in [0.1, 0.15) is 11.8 Å². The fourth-order valence-electron chi connectivity index (χ4n) is 2.59. The first-order valence-corrected chi connectivity index (χ1v) is 8.59. The van der Waals surface area contributed by atoms with Crippen molar-refractivity contribution in [2.24, 2.45) is 0 Å². The van der Waals surface area contributed by atoms with E-state index < -0.39 is 18.0 Å². The number of carbonyl (C=O) groups is 3. The van der Waals surface area contributed by atoms with Gasteiger partial charge in [0.15, 0.2) is 0 Å². The summed E-state index contributed by atoms with van der Waals surface area (Å²) in [4.78, 5) is 35.1. The molecular formula is C20H23NO6. The summed E-state index contributed by atoms with van der Waals surface area (Å²) in [5, 5.41) is 4.58. The van der Waals surface area contributed by atoms with Crippen molar-refractivity contribution < 1.29 is 28.6 Å². The molecule has 2 rings (SSSR count). The minimum atomic E-state index is -1.06. The second-order valence-electron chi connectivity index (χ2n) is 5.85. The average molecular weight is 373 g/mol. The number of rotatable bonds is 9. The van der Waals surface area contributed by atoms with Crippen LogP contribution in [0.1, 0.15) is 19.3 Å². The molecule has 2 aromatic carbocycles. The quantitative estimate of drug-likeness (QED) is 0.535. The Morgan fingerprint density at radius 1 is 1.00 bits per heavy atom. The molecule has 0 aliphatic carbocycles. The molecule has 0 aliphatic rings. The second-order valence-corrected chi connectivity index (χ2v) is 5.85. The number of methoxy groups -OCH3 is 2. The van der Waals surface area contributed by atoms with Gasteiger partial charge in [-0.1, -0.05) is 36.4 Å². The Labute approximate surface area is 157 Å². The number of hydrogen-bond acceptors (Lipinski definition) is 6. The van der Waals surface area contributed by atoms with Crippen LogP contribution in [0.15, 0.2) is 42.5 Å². The SMILES string of the molecule is COC(=O)CC(NC(=O)CCCOc1cccc2ccccc12)C(=O)OC. The highest BCUT2D eigenvalue weighted by Crippen LogP contribution is 2.25. The van der Waals surface area contributed by atoms with Gasteiger partial charge in [-0.05, 0) is 17.9 Å². The number of esters is 2. The van der Waals surface area contributed by atoms with Crippen LogP contribution in [-0.4, -0.2) is 44.7 Å². The zero-order valence-electron chi connectivity index (χ0n) is 15.4. The molecule has 1 N–H and O–H groups in total. The van der Waals surface area contributed by atoms with E-state index in [-0.39, 0.29) is 18.7 Å². The molecule has 144 valence electrons. The first kappa shape index (κ1) is 20.2. The van der Waals surface area contributed by atoms with E-state index in [1.165, 1.54) is 14.2 Å². The number of amides is 1. The van der Waals surface area contributed by atoms with Crippen LogP contribution in [-0.2, 0) is 23.9 Å². The summed E-state index contributed by atoms with van der Waals surface area (Å²) in [6.45, 7) is 0.349. The monoisotopic (exact) mass is 373 g/mol. The highest BCUT2D eigenvalue weighted by molar-refractivity contribution is 5.89. The molecule has 2 aromatic rings. The van der Waals surface area contributed by atoms with Gasteiger partial charge in [-0.25, -0.2) is 4.79 Å². The van der Waals surface area contributed by atoms with Crippen LogP contribution in [0.5, 0.6) is 5.75 Å². The molecule has 0 saturated carbocycles. The Balaban J connectivity index is 1.82. The molecule has 27 heavy (non-hydrogen) atoms. The van der Waals surface area contributed by atoms with E-state index in [2.05, 4.69) is 14.8 Å². The lowest BCUT2D eigenvalue weighted by atomic mass is 10.1. The predicted molar refractivity (Wildman–Crippen MR) is 99.3 cm³/mol. The molecule has 0 bridgehead atoms. The molecule has 0 heterocycles. The van der Waals surface area contributed by atoms with Gasteiger partial charge in [-0.2, -0.15) is 0 Å². The minimum absolute atomic E-state index is 0.152. The van der Waals surface area contributed by atoms with Gasteiger partial charge in [0.25, 0.3) is 0 Å². The van der Waals surface area contributed by atoms with E-state index in [1.54, 1.807) is 0 Å². The van der Waals surface area contributed by atoms with Crippen molar-refractivity contribution in [1.82, 2.24) is 5.32 Å². The van der Waals surface area contributed by atoms with Crippen LogP contribution in [0.2, 0.25) is 0 Å². The van der Waals surface area contributed by atoms with Crippen molar-refractivity contribution in [3.8, 4) is 5.75 Å². The van der Waals surface area contributed by atoms with E-state index >= 15 is 0 Å². The molecular weight excluding hydrogens is 350 g/mol. The normalized spacial score (nSPS) is 11.5. The van der Waals surface area contributed by atoms with Gasteiger partial charge in [0, 0.05) is 11.8 Å². The van der Waals surface area contributed by atoms with E-state index in [0.717, 1.165) is 16.5 Å². The highest BCUT2D eigenvalue weighted by atomic mass is 16.5. The van der Waals surface area contributed by atoms with Gasteiger partial charge < -0.3 is 19.5 Å². The van der Waals surface area contributed by atoms with Gasteiger partial charge in [-0.15, -0.1) is 0 Å². The Morgan fingerprint density at radius 3 is 2.48 bits per heavy atom. The van der Waals surface area contributed by atoms with Crippen LogP contribution >= 0.6 is 0 Å². The molecule has 0 aliphatic heterocycles. The Morgan fingerprint density at radius 2 is 1.74 bits per heavy atom. The summed E-state index contributed by atoms with van der Waals surface area (Å²) in [6, 6.07) is 12.6. The van der Waals surface area contributed by atoms with Crippen LogP contribution in [0.4, 0.5) is 0 Å². The molecule has 0 saturated heterocycles. The number of benzene rings is 2. The van der Waals surface area contributed by atoms with Crippen molar-refractivity contribution in [3.05, 3.63) is 42.5 Å². The number of fused-ring (bicyclic) bond motifs is 1. The van der Waals surface area contributed by atoms with Crippen molar-refractivity contribution in [2.75, 3.05) is 20.8 Å². The summed E-state index contributed by atoms with van der Waals surface area (Å²) in [5.41, 5.74) is 0. The third kappa shape index (κ3) is 5.99. The van der Waals surface area contributed by atoms with Crippen LogP contribution in [0.3, 0.4) is 0 Å². The van der Waals surface area contributed by atoms with Crippen LogP contribution in [0, 0.1) is 0 Å². The summed E-state index contributed by atoms with van der Waals surface area (Å²) in [7, 11) is 2.40. The maximum atomic E-state index is 12.0. The third-order valence-corrected chi connectivity index (χ3v) is 3.97. The molecule has 7 nitrogen and oxygen atoms in total. The van der Waals surface area contributed by atoms with E-state index in [0.29, 0.717) is 13.0 Å². The number of hydrogen-bond donors (Lipinski definition) is 1. The summed E-state index contributed by atoms with van der Waals surface area (Å²) in [5.74, 6) is -0.909. The smallest absolute Gasteiger partial charge is 0.328 e. The molecule has 1 atom stereocenters. The number of nitrogens with one attached hydrogen (secondary N) is 1. The highest BCUT2D eigenvalue weighted by Gasteiger charge is 2.24. The molecule has 0 fully saturated rings. The van der Waals surface area contributed by atoms with E-state index in [4.69, 9.17) is 4.74 Å². The van der Waals surface area contributed by atoms with Crippen LogP contribution in [0.25, 0.3) is 10.8 Å². The molecule has 1 amide bonds. The molecule has 0 aromatic heterocycles. The Hall–Kier alpha value is -3.09. The summed E-state index contributed by atoms with van der Waals surface area (Å²) >= 11 is 0. The predicted octanol–water partition coefficient (Wildman–Crippen LogP) is 2.22. The van der Waals surface area contributed by atoms with Crippen molar-refractivity contribution >= 4 is 28.6 Å². The largest absolute Gasteiger partial charge is 0.493 e. The first-order chi connectivity index (χ1) is 13.0. The standard InChI is InChI=1S/C20H23NO6/c1-25-19(23)13-16(20(24)26-2)21-18(22)11-6-12-27-17-10-5-8-14-7-3-4-9-15(14)17/h3-5,7-10,16H,6,11-13H2,1-2H3,(H,21,22). The minimum Gasteiger partial charge on any atom is -0.493 e. The van der Waals surface area contributed by atoms with E-state index in [9.17, 15) is 14.4 Å². The maximum Gasteiger partial charge on any atom is 0.328 e. The lowest BCUT2D eigenvalue weighted by molar-refractivity contribution is -0.150. The Bertz CT molecular complexity index is 799. The van der Waals surface area contributed by atoms with Gasteiger partial charge in [-0.3, -0.25) is 9.59 Å². The lowest BCUT2D eigenvalue weighted by Gasteiger charge is -2.15. The third-order valence-electron chi connectivity index (χ3n) is 3.97. The van der Waals surface area contributed by atoms with Gasteiger partial charge in [0.05, 0.1) is 27.2 Å². The fraction of sp³-hybridized carbons (Fsp3) is 0.350. The zero-order valence-corrected chi connectivity index (χ0v) is 15.4. The first-order valence-electron chi connectivity index (χ1n) is 8.59. The second kappa shape index (κ2) is 10.2. The summed E-state index contributed by atoms with van der Waals surface area (Å²) in [6.07, 6.45) is 0.335. The topological polar surface area (TPSA) is 90.9 Å². The molecule has 1 unspecified atom stereocenters. The number of carbonyl (C=O) groups excluding carboxylic acids is 3. The van der Waals surface area contributed by atoms with Crippen molar-refractivity contribution in [3.63, 3.8) is 0 Å². The van der Waals surface area contributed by atoms with Crippen molar-refractivity contribution in [2.45, 2.75) is 25.3 Å². The lowest BCUT2D eigenvalue weighted by Crippen LogP contribution is -2.43. The molecule has 7 heteroatoms. The Kier molecular flexibility index (Phi) is 7.61. The van der Waals surface area contributed by atoms with Crippen LogP contribution < -0.4 is 10.1 Å². The number of ether oxygens (including phenoxy) is 3. The van der Waals surface area contributed by atoms with E-state index in [1.807, 2.05) is 42.5 Å². The van der Waals surface area contributed by atoms with Gasteiger partial charge in [0.2, 0.25) is 5.91 Å². The zero-order chi connectivity index (χ0) is 19.6. The average Bonchev–Trinajstić information content (AvgIpc) is 2.70.